The van der Waals surface area contributed by atoms with Crippen molar-refractivity contribution in [2.24, 2.45) is 5.10 Å². The number of benzene rings is 2. The van der Waals surface area contributed by atoms with Crippen molar-refractivity contribution in [3.8, 4) is 0 Å². The molecule has 5 nitrogen and oxygen atoms in total. The van der Waals surface area contributed by atoms with E-state index in [1.807, 2.05) is 36.4 Å². The molecule has 0 aliphatic rings. The van der Waals surface area contributed by atoms with Gasteiger partial charge in [-0.3, -0.25) is 10.2 Å². The molecule has 2 aromatic carbocycles. The maximum Gasteiger partial charge on any atom is 0.303 e. The molecule has 0 unspecified atom stereocenters. The minimum absolute atomic E-state index is 0.000945. The van der Waals surface area contributed by atoms with Crippen LogP contribution < -0.4 is 5.43 Å². The van der Waals surface area contributed by atoms with Crippen LogP contribution in [0.3, 0.4) is 0 Å². The quantitative estimate of drug-likeness (QED) is 0.497. The average Bonchev–Trinajstić information content (AvgIpc) is 2.99. The summed E-state index contributed by atoms with van der Waals surface area (Å²) in [5, 5.41) is 14.9. The van der Waals surface area contributed by atoms with E-state index in [9.17, 15) is 4.79 Å². The van der Waals surface area contributed by atoms with Crippen LogP contribution in [0.4, 0.5) is 5.82 Å². The highest BCUT2D eigenvalue weighted by atomic mass is 35.5. The van der Waals surface area contributed by atoms with E-state index in [0.29, 0.717) is 23.0 Å². The molecule has 0 radical (unpaired) electrons. The van der Waals surface area contributed by atoms with Crippen molar-refractivity contribution in [1.29, 1.82) is 0 Å². The van der Waals surface area contributed by atoms with Crippen LogP contribution in [0.25, 0.3) is 10.1 Å². The molecule has 24 heavy (non-hydrogen) atoms. The highest BCUT2D eigenvalue weighted by Gasteiger charge is 2.09. The molecule has 0 spiro atoms. The van der Waals surface area contributed by atoms with E-state index in [1.54, 1.807) is 12.1 Å². The van der Waals surface area contributed by atoms with Crippen molar-refractivity contribution in [2.75, 3.05) is 5.43 Å². The lowest BCUT2D eigenvalue weighted by atomic mass is 10.1. The Labute approximate surface area is 147 Å². The van der Waals surface area contributed by atoms with E-state index >= 15 is 0 Å². The van der Waals surface area contributed by atoms with Crippen LogP contribution in [0.2, 0.25) is 5.02 Å². The molecule has 2 N–H and O–H groups in total. The molecule has 3 aromatic rings. The van der Waals surface area contributed by atoms with Gasteiger partial charge < -0.3 is 5.11 Å². The van der Waals surface area contributed by atoms with Crippen molar-refractivity contribution in [2.45, 2.75) is 12.8 Å². The highest BCUT2D eigenvalue weighted by Crippen LogP contribution is 2.26. The summed E-state index contributed by atoms with van der Waals surface area (Å²) in [4.78, 5) is 10.9. The topological polar surface area (TPSA) is 74.6 Å². The van der Waals surface area contributed by atoms with Crippen LogP contribution >= 0.6 is 23.1 Å². The summed E-state index contributed by atoms with van der Waals surface area (Å²) in [6.07, 6.45) is 0.312. The molecular weight excluding hydrogens is 346 g/mol. The number of halogens is 1. The minimum atomic E-state index is -0.865. The Morgan fingerprint density at radius 3 is 2.67 bits per heavy atom. The van der Waals surface area contributed by atoms with Crippen molar-refractivity contribution >= 4 is 50.7 Å². The normalized spacial score (nSPS) is 11.6. The number of hydrazone groups is 1. The zero-order valence-electron chi connectivity index (χ0n) is 12.6. The third-order valence-corrected chi connectivity index (χ3v) is 4.51. The number of nitrogens with one attached hydrogen (secondary N) is 1. The molecule has 1 heterocycles. The third kappa shape index (κ3) is 3.90. The Morgan fingerprint density at radius 2 is 1.92 bits per heavy atom. The number of hydrogen-bond acceptors (Lipinski definition) is 5. The van der Waals surface area contributed by atoms with Gasteiger partial charge in [-0.05, 0) is 41.4 Å². The Morgan fingerprint density at radius 1 is 1.17 bits per heavy atom. The maximum absolute atomic E-state index is 10.9. The van der Waals surface area contributed by atoms with Gasteiger partial charge in [0.25, 0.3) is 0 Å². The van der Waals surface area contributed by atoms with E-state index in [0.717, 1.165) is 15.6 Å². The van der Waals surface area contributed by atoms with E-state index in [2.05, 4.69) is 14.9 Å². The highest BCUT2D eigenvalue weighted by molar-refractivity contribution is 7.13. The predicted molar refractivity (Wildman–Crippen MR) is 98.1 cm³/mol. The molecular formula is C17H14ClN3O2S. The summed E-state index contributed by atoms with van der Waals surface area (Å²) in [6.45, 7) is 0. The van der Waals surface area contributed by atoms with Gasteiger partial charge in [-0.2, -0.15) is 9.47 Å². The largest absolute Gasteiger partial charge is 0.481 e. The number of hydrogen-bond donors (Lipinski definition) is 2. The summed E-state index contributed by atoms with van der Waals surface area (Å²) in [6, 6.07) is 15.0. The second-order valence-electron chi connectivity index (χ2n) is 5.10. The fourth-order valence-corrected chi connectivity index (χ4v) is 3.08. The molecule has 0 atom stereocenters. The van der Waals surface area contributed by atoms with Crippen LogP contribution in [0.5, 0.6) is 0 Å². The first-order valence-corrected chi connectivity index (χ1v) is 8.43. The first kappa shape index (κ1) is 16.4. The van der Waals surface area contributed by atoms with Crippen LogP contribution in [0, 0.1) is 0 Å². The summed E-state index contributed by atoms with van der Waals surface area (Å²) in [7, 11) is 0. The Hall–Kier alpha value is -2.44. The first-order valence-electron chi connectivity index (χ1n) is 7.28. The minimum Gasteiger partial charge on any atom is -0.481 e. The number of carboxylic acid groups (broad SMARTS) is 1. The lowest BCUT2D eigenvalue weighted by molar-refractivity contribution is -0.136. The molecule has 1 aromatic heterocycles. The fraction of sp³-hybridized carbons (Fsp3) is 0.118. The van der Waals surface area contributed by atoms with Gasteiger partial charge in [0, 0.05) is 16.8 Å². The number of fused-ring (bicyclic) bond motifs is 1. The van der Waals surface area contributed by atoms with Gasteiger partial charge in [-0.15, -0.1) is 0 Å². The summed E-state index contributed by atoms with van der Waals surface area (Å²) < 4.78 is 5.42. The summed E-state index contributed by atoms with van der Waals surface area (Å²) >= 11 is 7.30. The number of carbonyl (C=O) groups is 1. The Bertz CT molecular complexity index is 890. The average molecular weight is 360 g/mol. The van der Waals surface area contributed by atoms with E-state index in [1.165, 1.54) is 11.5 Å². The number of anilines is 1. The van der Waals surface area contributed by atoms with Crippen molar-refractivity contribution in [3.05, 3.63) is 59.1 Å². The van der Waals surface area contributed by atoms with Crippen molar-refractivity contribution in [1.82, 2.24) is 4.37 Å². The van der Waals surface area contributed by atoms with Gasteiger partial charge in [-0.25, -0.2) is 0 Å². The number of nitrogens with zero attached hydrogens (tertiary/aromatic N) is 2. The van der Waals surface area contributed by atoms with Crippen LogP contribution in [0.1, 0.15) is 18.4 Å². The lowest BCUT2D eigenvalue weighted by Gasteiger charge is -2.06. The summed E-state index contributed by atoms with van der Waals surface area (Å²) in [5.41, 5.74) is 4.44. The molecule has 0 amide bonds. The van der Waals surface area contributed by atoms with Crippen molar-refractivity contribution in [3.63, 3.8) is 0 Å². The van der Waals surface area contributed by atoms with Gasteiger partial charge in [0.1, 0.15) is 0 Å². The number of aromatic nitrogens is 1. The lowest BCUT2D eigenvalue weighted by Crippen LogP contribution is -2.08. The number of rotatable bonds is 6. The zero-order chi connectivity index (χ0) is 16.9. The second kappa shape index (κ2) is 7.42. The Kier molecular flexibility index (Phi) is 5.08. The van der Waals surface area contributed by atoms with Crippen LogP contribution in [-0.4, -0.2) is 21.2 Å². The van der Waals surface area contributed by atoms with Gasteiger partial charge in [-0.1, -0.05) is 35.9 Å². The van der Waals surface area contributed by atoms with Crippen LogP contribution in [0.15, 0.2) is 53.6 Å². The third-order valence-electron chi connectivity index (χ3n) is 3.43. The van der Waals surface area contributed by atoms with Gasteiger partial charge in [0.05, 0.1) is 16.8 Å². The molecule has 122 valence electrons. The first-order chi connectivity index (χ1) is 11.6. The maximum atomic E-state index is 10.9. The standard InChI is InChI=1S/C17H14ClN3O2S/c18-12-7-5-11(6-8-12)14(9-10-16(22)23)19-20-17-13-3-1-2-4-15(13)24-21-17/h1-8H,9-10H2,(H,20,21)(H,22,23)/b19-14-. The molecule has 0 fully saturated rings. The molecule has 0 saturated carbocycles. The van der Waals surface area contributed by atoms with Gasteiger partial charge in [0.2, 0.25) is 0 Å². The van der Waals surface area contributed by atoms with Gasteiger partial charge in [0.15, 0.2) is 5.82 Å². The SMILES string of the molecule is O=C(O)CC/C(=N/Nc1nsc2ccccc12)c1ccc(Cl)cc1. The predicted octanol–water partition coefficient (Wildman–Crippen LogP) is 4.63. The monoisotopic (exact) mass is 359 g/mol. The molecule has 0 saturated heterocycles. The molecule has 0 bridgehead atoms. The van der Waals surface area contributed by atoms with Crippen molar-refractivity contribution < 1.29 is 9.90 Å². The second-order valence-corrected chi connectivity index (χ2v) is 6.34. The zero-order valence-corrected chi connectivity index (χ0v) is 14.1. The number of carboxylic acids is 1. The van der Waals surface area contributed by atoms with Gasteiger partial charge >= 0.3 is 5.97 Å². The summed E-state index contributed by atoms with van der Waals surface area (Å²) in [5.74, 6) is -0.201. The molecule has 0 aliphatic carbocycles. The van der Waals surface area contributed by atoms with E-state index in [-0.39, 0.29) is 6.42 Å². The van der Waals surface area contributed by atoms with E-state index in [4.69, 9.17) is 16.7 Å². The molecule has 3 rings (SSSR count). The molecule has 0 aliphatic heterocycles. The Balaban J connectivity index is 1.87. The van der Waals surface area contributed by atoms with Crippen LogP contribution in [-0.2, 0) is 4.79 Å². The molecule has 7 heteroatoms. The number of aliphatic carboxylic acids is 1. The fourth-order valence-electron chi connectivity index (χ4n) is 2.22. The van der Waals surface area contributed by atoms with E-state index < -0.39 is 5.97 Å². The smallest absolute Gasteiger partial charge is 0.303 e.